The predicted octanol–water partition coefficient (Wildman–Crippen LogP) is 1.95. The molecule has 0 aliphatic carbocycles. The number of halogens is 5. The summed E-state index contributed by atoms with van der Waals surface area (Å²) in [6, 6.07) is -1.59. The summed E-state index contributed by atoms with van der Waals surface area (Å²) in [4.78, 5) is 21.3. The highest BCUT2D eigenvalue weighted by atomic mass is 32.2. The first-order valence-electron chi connectivity index (χ1n) is 4.88. The van der Waals surface area contributed by atoms with Gasteiger partial charge < -0.3 is 15.2 Å². The van der Waals surface area contributed by atoms with Crippen LogP contribution in [0.2, 0.25) is 0 Å². The van der Waals surface area contributed by atoms with Crippen molar-refractivity contribution < 1.29 is 41.4 Å². The van der Waals surface area contributed by atoms with E-state index in [-0.39, 0.29) is 11.8 Å². The molecule has 0 fully saturated rings. The number of carboxylic acid groups (broad SMARTS) is 1. The summed E-state index contributed by atoms with van der Waals surface area (Å²) in [6.07, 6.45) is -5.25. The van der Waals surface area contributed by atoms with Gasteiger partial charge in [0.2, 0.25) is 23.7 Å². The van der Waals surface area contributed by atoms with Gasteiger partial charge in [-0.3, -0.25) is 4.79 Å². The van der Waals surface area contributed by atoms with Crippen LogP contribution in [0.25, 0.3) is 0 Å². The van der Waals surface area contributed by atoms with Crippen molar-refractivity contribution in [1.82, 2.24) is 5.32 Å². The summed E-state index contributed by atoms with van der Waals surface area (Å²) in [6.45, 7) is -0.906. The molecule has 0 saturated carbocycles. The maximum absolute atomic E-state index is 13.2. The number of carbonyl (C=O) groups is 2. The summed E-state index contributed by atoms with van der Waals surface area (Å²) in [5.74, 6) is -5.22. The number of allylic oxidation sites excluding steroid dienone is 1. The van der Waals surface area contributed by atoms with Gasteiger partial charge in [0.25, 0.3) is 0 Å². The molecule has 0 radical (unpaired) electrons. The molecular weight excluding hydrogens is 313 g/mol. The van der Waals surface area contributed by atoms with E-state index in [1.165, 1.54) is 0 Å². The number of thioether (sulfide) groups is 1. The fraction of sp³-hybridized carbons (Fsp3) is 0.556. The van der Waals surface area contributed by atoms with E-state index in [9.17, 15) is 31.5 Å². The Morgan fingerprint density at radius 3 is 2.30 bits per heavy atom. The molecule has 1 amide bonds. The van der Waals surface area contributed by atoms with Crippen molar-refractivity contribution in [2.24, 2.45) is 0 Å². The number of ether oxygens (including phenoxy) is 1. The first-order chi connectivity index (χ1) is 9.09. The Balaban J connectivity index is 4.89. The van der Waals surface area contributed by atoms with Crippen LogP contribution in [-0.2, 0) is 14.3 Å². The number of rotatable bonds is 7. The third kappa shape index (κ3) is 6.59. The van der Waals surface area contributed by atoms with E-state index in [0.717, 1.165) is 6.92 Å². The molecule has 0 aliphatic heterocycles. The zero-order valence-electron chi connectivity index (χ0n) is 9.96. The molecule has 0 heterocycles. The van der Waals surface area contributed by atoms with Crippen LogP contribution in [0, 0.1) is 0 Å². The molecule has 0 unspecified atom stereocenters. The lowest BCUT2D eigenvalue weighted by Gasteiger charge is -2.14. The molecule has 0 spiro atoms. The maximum atomic E-state index is 13.2. The predicted molar refractivity (Wildman–Crippen MR) is 58.9 cm³/mol. The lowest BCUT2D eigenvalue weighted by atomic mass is 10.3. The second kappa shape index (κ2) is 7.92. The first-order valence-corrected chi connectivity index (χ1v) is 5.86. The minimum atomic E-state index is -5.25. The lowest BCUT2D eigenvalue weighted by molar-refractivity contribution is -0.140. The number of aliphatic carboxylic acids is 1. The Kier molecular flexibility index (Phi) is 7.32. The van der Waals surface area contributed by atoms with Gasteiger partial charge in [-0.1, -0.05) is 11.8 Å². The number of nitrogens with one attached hydrogen (secondary N) is 1. The molecular formula is C9H10F5NO4S. The van der Waals surface area contributed by atoms with Gasteiger partial charge >= 0.3 is 12.1 Å². The Labute approximate surface area is 114 Å². The normalized spacial score (nSPS) is 14.3. The van der Waals surface area contributed by atoms with Gasteiger partial charge in [0.1, 0.15) is 6.04 Å². The van der Waals surface area contributed by atoms with E-state index in [1.807, 2.05) is 5.32 Å². The van der Waals surface area contributed by atoms with E-state index in [1.54, 1.807) is 0 Å². The van der Waals surface area contributed by atoms with Crippen LogP contribution in [0.15, 0.2) is 10.9 Å². The van der Waals surface area contributed by atoms with E-state index in [4.69, 9.17) is 5.11 Å². The quantitative estimate of drug-likeness (QED) is 0.553. The Bertz CT molecular complexity index is 398. The Morgan fingerprint density at radius 1 is 1.40 bits per heavy atom. The molecule has 1 atom stereocenters. The summed E-state index contributed by atoms with van der Waals surface area (Å²) >= 11 is -0.165. The van der Waals surface area contributed by atoms with Crippen molar-refractivity contribution in [3.63, 3.8) is 0 Å². The van der Waals surface area contributed by atoms with Gasteiger partial charge in [-0.25, -0.2) is 9.18 Å². The monoisotopic (exact) mass is 323 g/mol. The minimum absolute atomic E-state index is 0.165. The maximum Gasteiger partial charge on any atom is 0.452 e. The lowest BCUT2D eigenvalue weighted by Crippen LogP contribution is -2.41. The average Bonchev–Trinajstić information content (AvgIpc) is 2.28. The average molecular weight is 323 g/mol. The van der Waals surface area contributed by atoms with E-state index in [2.05, 4.69) is 4.74 Å². The van der Waals surface area contributed by atoms with Gasteiger partial charge in [0, 0.05) is 12.7 Å². The van der Waals surface area contributed by atoms with E-state index >= 15 is 0 Å². The zero-order chi connectivity index (χ0) is 15.9. The number of carbonyl (C=O) groups excluding carboxylic acids is 1. The van der Waals surface area contributed by atoms with Crippen molar-refractivity contribution in [2.75, 3.05) is 12.6 Å². The summed E-state index contributed by atoms with van der Waals surface area (Å²) in [5, 5.41) is 8.63. The molecule has 116 valence electrons. The highest BCUT2D eigenvalue weighted by Crippen LogP contribution is 2.34. The molecule has 20 heavy (non-hydrogen) atoms. The van der Waals surface area contributed by atoms with Gasteiger partial charge in [-0.05, 0) is 0 Å². The second-order valence-corrected chi connectivity index (χ2v) is 4.24. The number of alkyl halides is 4. The molecule has 2 N–H and O–H groups in total. The number of hydrogen-bond donors (Lipinski definition) is 2. The third-order valence-electron chi connectivity index (χ3n) is 1.69. The van der Waals surface area contributed by atoms with Crippen LogP contribution in [0.3, 0.4) is 0 Å². The first kappa shape index (κ1) is 18.5. The standard InChI is InChI=1S/C9H10F5NO4S/c1-4(16)15-5(8(17)18)2-20-7(11)6(19-3-10)9(12,13)14/h5H,2-3H2,1H3,(H,15,16)(H,17,18)/b7-6-/t5-/m0/s1. The molecule has 11 heteroatoms. The molecule has 5 nitrogen and oxygen atoms in total. The summed E-state index contributed by atoms with van der Waals surface area (Å²) in [7, 11) is 0. The largest absolute Gasteiger partial charge is 0.480 e. The molecule has 0 aromatic carbocycles. The zero-order valence-corrected chi connectivity index (χ0v) is 10.8. The van der Waals surface area contributed by atoms with Crippen molar-refractivity contribution in [3.05, 3.63) is 10.9 Å². The van der Waals surface area contributed by atoms with E-state index in [0.29, 0.717) is 0 Å². The second-order valence-electron chi connectivity index (χ2n) is 3.26. The van der Waals surface area contributed by atoms with Crippen LogP contribution in [0.4, 0.5) is 22.0 Å². The number of carboxylic acids is 1. The van der Waals surface area contributed by atoms with Crippen LogP contribution >= 0.6 is 11.8 Å². The Hall–Kier alpha value is -1.52. The fourth-order valence-electron chi connectivity index (χ4n) is 0.947. The van der Waals surface area contributed by atoms with E-state index < -0.39 is 47.6 Å². The Morgan fingerprint density at radius 2 is 1.95 bits per heavy atom. The van der Waals surface area contributed by atoms with Crippen LogP contribution in [0.5, 0.6) is 0 Å². The van der Waals surface area contributed by atoms with Crippen LogP contribution in [0.1, 0.15) is 6.92 Å². The third-order valence-corrected chi connectivity index (χ3v) is 2.63. The molecule has 0 aromatic rings. The molecule has 0 aliphatic rings. The number of amides is 1. The van der Waals surface area contributed by atoms with Gasteiger partial charge in [0.05, 0.1) is 0 Å². The molecule has 0 saturated heterocycles. The van der Waals surface area contributed by atoms with Crippen molar-refractivity contribution in [2.45, 2.75) is 19.1 Å². The van der Waals surface area contributed by atoms with Crippen molar-refractivity contribution in [3.8, 4) is 0 Å². The van der Waals surface area contributed by atoms with Gasteiger partial charge in [-0.15, -0.1) is 0 Å². The fourth-order valence-corrected chi connectivity index (χ4v) is 1.79. The highest BCUT2D eigenvalue weighted by molar-refractivity contribution is 8.02. The van der Waals surface area contributed by atoms with Crippen LogP contribution in [-0.4, -0.2) is 41.8 Å². The summed E-state index contributed by atoms with van der Waals surface area (Å²) in [5.41, 5.74) is 0. The SMILES string of the molecule is CC(=O)N[C@@H](CS/C(F)=C(\OCF)C(F)(F)F)C(=O)O. The molecule has 0 rings (SSSR count). The molecule has 0 aromatic heterocycles. The highest BCUT2D eigenvalue weighted by Gasteiger charge is 2.40. The van der Waals surface area contributed by atoms with Crippen molar-refractivity contribution in [1.29, 1.82) is 0 Å². The number of hydrogen-bond acceptors (Lipinski definition) is 4. The molecule has 0 bridgehead atoms. The van der Waals surface area contributed by atoms with Crippen molar-refractivity contribution >= 4 is 23.6 Å². The minimum Gasteiger partial charge on any atom is -0.480 e. The summed E-state index contributed by atoms with van der Waals surface area (Å²) < 4.78 is 65.3. The topological polar surface area (TPSA) is 75.6 Å². The smallest absolute Gasteiger partial charge is 0.452 e. The van der Waals surface area contributed by atoms with Gasteiger partial charge in [-0.2, -0.15) is 17.6 Å². The van der Waals surface area contributed by atoms with Gasteiger partial charge in [0.15, 0.2) is 0 Å². The van der Waals surface area contributed by atoms with Crippen LogP contribution < -0.4 is 5.32 Å².